The van der Waals surface area contributed by atoms with Crippen molar-refractivity contribution in [2.24, 2.45) is 0 Å². The van der Waals surface area contributed by atoms with Crippen molar-refractivity contribution in [3.63, 3.8) is 0 Å². The number of nitrogens with zero attached hydrogens (tertiary/aromatic N) is 1. The zero-order valence-corrected chi connectivity index (χ0v) is 13.0. The Labute approximate surface area is 121 Å². The number of rotatable bonds is 7. The van der Waals surface area contributed by atoms with Gasteiger partial charge in [0.1, 0.15) is 0 Å². The van der Waals surface area contributed by atoms with E-state index in [2.05, 4.69) is 4.72 Å². The second-order valence-electron chi connectivity index (χ2n) is 4.73. The molecule has 0 unspecified atom stereocenters. The van der Waals surface area contributed by atoms with Gasteiger partial charge in [0.15, 0.2) is 0 Å². The topological polar surface area (TPSA) is 66.5 Å². The normalized spacial score (nSPS) is 11.3. The molecule has 1 amide bonds. The summed E-state index contributed by atoms with van der Waals surface area (Å²) in [6.45, 7) is 6.16. The molecular formula is C14H22N2O3S. The lowest BCUT2D eigenvalue weighted by atomic mass is 10.1. The van der Waals surface area contributed by atoms with E-state index in [9.17, 15) is 13.2 Å². The maximum Gasteiger partial charge on any atom is 0.219 e. The molecule has 0 heterocycles. The molecule has 0 aliphatic rings. The van der Waals surface area contributed by atoms with Crippen molar-refractivity contribution in [3.05, 3.63) is 35.4 Å². The first-order valence-corrected chi connectivity index (χ1v) is 8.27. The van der Waals surface area contributed by atoms with Gasteiger partial charge in [-0.3, -0.25) is 4.79 Å². The number of hydrogen-bond acceptors (Lipinski definition) is 3. The Morgan fingerprint density at radius 3 is 2.60 bits per heavy atom. The zero-order chi connectivity index (χ0) is 15.2. The summed E-state index contributed by atoms with van der Waals surface area (Å²) in [6, 6.07) is 7.92. The maximum atomic E-state index is 11.6. The average molecular weight is 298 g/mol. The van der Waals surface area contributed by atoms with Crippen molar-refractivity contribution >= 4 is 15.9 Å². The van der Waals surface area contributed by atoms with Crippen LogP contribution in [0, 0.1) is 6.92 Å². The molecule has 0 saturated carbocycles. The van der Waals surface area contributed by atoms with E-state index in [-0.39, 0.29) is 18.2 Å². The number of hydrogen-bond donors (Lipinski definition) is 1. The summed E-state index contributed by atoms with van der Waals surface area (Å²) in [5.41, 5.74) is 2.18. The minimum absolute atomic E-state index is 0.0466. The summed E-state index contributed by atoms with van der Waals surface area (Å²) >= 11 is 0. The van der Waals surface area contributed by atoms with Crippen LogP contribution in [0.2, 0.25) is 0 Å². The summed E-state index contributed by atoms with van der Waals surface area (Å²) in [7, 11) is -3.21. The van der Waals surface area contributed by atoms with Crippen molar-refractivity contribution in [1.82, 2.24) is 9.62 Å². The van der Waals surface area contributed by atoms with E-state index in [1.165, 1.54) is 6.92 Å². The van der Waals surface area contributed by atoms with E-state index < -0.39 is 10.0 Å². The average Bonchev–Trinajstić information content (AvgIpc) is 2.37. The Kier molecular flexibility index (Phi) is 6.16. The minimum Gasteiger partial charge on any atom is -0.337 e. The Morgan fingerprint density at radius 2 is 2.05 bits per heavy atom. The van der Waals surface area contributed by atoms with Crippen LogP contribution in [-0.4, -0.2) is 38.1 Å². The lowest BCUT2D eigenvalue weighted by Crippen LogP contribution is -2.37. The van der Waals surface area contributed by atoms with Gasteiger partial charge < -0.3 is 4.90 Å². The highest BCUT2D eigenvalue weighted by molar-refractivity contribution is 7.89. The number of carbonyl (C=O) groups is 1. The van der Waals surface area contributed by atoms with E-state index in [1.807, 2.05) is 31.2 Å². The molecule has 0 radical (unpaired) electrons. The molecule has 0 aliphatic carbocycles. The number of sulfonamides is 1. The Balaban J connectivity index is 2.60. The molecule has 1 N–H and O–H groups in total. The van der Waals surface area contributed by atoms with Gasteiger partial charge >= 0.3 is 0 Å². The molecule has 0 aromatic heterocycles. The number of aryl methyl sites for hydroxylation is 1. The van der Waals surface area contributed by atoms with Crippen LogP contribution < -0.4 is 4.72 Å². The Morgan fingerprint density at radius 1 is 1.35 bits per heavy atom. The largest absolute Gasteiger partial charge is 0.337 e. The molecule has 0 saturated heterocycles. The van der Waals surface area contributed by atoms with Gasteiger partial charge in [-0.25, -0.2) is 13.1 Å². The van der Waals surface area contributed by atoms with Gasteiger partial charge in [-0.2, -0.15) is 0 Å². The summed E-state index contributed by atoms with van der Waals surface area (Å²) in [6.07, 6.45) is 0. The molecule has 112 valence electrons. The zero-order valence-electron chi connectivity index (χ0n) is 12.2. The second kappa shape index (κ2) is 7.40. The molecule has 6 heteroatoms. The van der Waals surface area contributed by atoms with Crippen LogP contribution in [-0.2, 0) is 21.4 Å². The predicted octanol–water partition coefficient (Wildman–Crippen LogP) is 1.28. The fourth-order valence-corrected chi connectivity index (χ4v) is 2.42. The first-order chi connectivity index (χ1) is 9.34. The number of carbonyl (C=O) groups excluding carboxylic acids is 1. The molecule has 0 bridgehead atoms. The molecule has 0 fully saturated rings. The summed E-state index contributed by atoms with van der Waals surface area (Å²) < 4.78 is 25.1. The molecule has 20 heavy (non-hydrogen) atoms. The van der Waals surface area contributed by atoms with Gasteiger partial charge in [0.05, 0.1) is 5.75 Å². The maximum absolute atomic E-state index is 11.6. The lowest BCUT2D eigenvalue weighted by Gasteiger charge is -2.21. The highest BCUT2D eigenvalue weighted by Crippen LogP contribution is 2.07. The van der Waals surface area contributed by atoms with Gasteiger partial charge in [0.2, 0.25) is 15.9 Å². The first kappa shape index (κ1) is 16.7. The highest BCUT2D eigenvalue weighted by atomic mass is 32.2. The summed E-state index contributed by atoms with van der Waals surface area (Å²) in [5, 5.41) is 0. The van der Waals surface area contributed by atoms with Crippen LogP contribution >= 0.6 is 0 Å². The molecule has 0 spiro atoms. The molecule has 0 atom stereocenters. The van der Waals surface area contributed by atoms with Crippen LogP contribution in [0.1, 0.15) is 25.0 Å². The van der Waals surface area contributed by atoms with E-state index in [1.54, 1.807) is 11.8 Å². The van der Waals surface area contributed by atoms with Crippen LogP contribution in [0.4, 0.5) is 0 Å². The Bertz CT molecular complexity index is 555. The van der Waals surface area contributed by atoms with Crippen LogP contribution in [0.5, 0.6) is 0 Å². The highest BCUT2D eigenvalue weighted by Gasteiger charge is 2.11. The molecule has 1 aromatic rings. The molecular weight excluding hydrogens is 276 g/mol. The van der Waals surface area contributed by atoms with E-state index >= 15 is 0 Å². The standard InChI is InChI=1S/C14H22N2O3S/c1-4-20(18,19)15-8-9-16(13(3)17)11-14-7-5-6-12(2)10-14/h5-7,10,15H,4,8-9,11H2,1-3H3. The Hall–Kier alpha value is -1.40. The third kappa shape index (κ3) is 5.71. The van der Waals surface area contributed by atoms with Gasteiger partial charge in [-0.15, -0.1) is 0 Å². The smallest absolute Gasteiger partial charge is 0.219 e. The van der Waals surface area contributed by atoms with Crippen molar-refractivity contribution in [3.8, 4) is 0 Å². The summed E-state index contributed by atoms with van der Waals surface area (Å²) in [5.74, 6) is -0.0208. The summed E-state index contributed by atoms with van der Waals surface area (Å²) in [4.78, 5) is 13.2. The van der Waals surface area contributed by atoms with Gasteiger partial charge in [-0.1, -0.05) is 29.8 Å². The van der Waals surface area contributed by atoms with E-state index in [0.717, 1.165) is 11.1 Å². The van der Waals surface area contributed by atoms with Gasteiger partial charge in [0.25, 0.3) is 0 Å². The van der Waals surface area contributed by atoms with Crippen molar-refractivity contribution in [2.75, 3.05) is 18.8 Å². The van der Waals surface area contributed by atoms with Crippen molar-refractivity contribution < 1.29 is 13.2 Å². The fraction of sp³-hybridized carbons (Fsp3) is 0.500. The second-order valence-corrected chi connectivity index (χ2v) is 6.82. The van der Waals surface area contributed by atoms with Crippen molar-refractivity contribution in [2.45, 2.75) is 27.3 Å². The van der Waals surface area contributed by atoms with Crippen molar-refractivity contribution in [1.29, 1.82) is 0 Å². The van der Waals surface area contributed by atoms with Gasteiger partial charge in [0, 0.05) is 26.6 Å². The molecule has 0 aliphatic heterocycles. The third-order valence-electron chi connectivity index (χ3n) is 2.98. The fourth-order valence-electron chi connectivity index (χ4n) is 1.82. The molecule has 5 nitrogen and oxygen atoms in total. The van der Waals surface area contributed by atoms with Gasteiger partial charge in [-0.05, 0) is 19.4 Å². The number of nitrogens with one attached hydrogen (secondary N) is 1. The van der Waals surface area contributed by atoms with E-state index in [0.29, 0.717) is 13.1 Å². The minimum atomic E-state index is -3.21. The molecule has 1 aromatic carbocycles. The van der Waals surface area contributed by atoms with E-state index in [4.69, 9.17) is 0 Å². The van der Waals surface area contributed by atoms with Crippen LogP contribution in [0.15, 0.2) is 24.3 Å². The monoisotopic (exact) mass is 298 g/mol. The number of amides is 1. The predicted molar refractivity (Wildman–Crippen MR) is 79.7 cm³/mol. The van der Waals surface area contributed by atoms with Crippen LogP contribution in [0.25, 0.3) is 0 Å². The third-order valence-corrected chi connectivity index (χ3v) is 4.39. The quantitative estimate of drug-likeness (QED) is 0.824. The SMILES string of the molecule is CCS(=O)(=O)NCCN(Cc1cccc(C)c1)C(C)=O. The number of benzene rings is 1. The first-order valence-electron chi connectivity index (χ1n) is 6.62. The molecule has 1 rings (SSSR count). The van der Waals surface area contributed by atoms with Crippen LogP contribution in [0.3, 0.4) is 0 Å². The lowest BCUT2D eigenvalue weighted by molar-refractivity contribution is -0.129.